The summed E-state index contributed by atoms with van der Waals surface area (Å²) in [6.45, 7) is 0.258. The number of hydrogen-bond donors (Lipinski definition) is 2. The molecule has 16 nitrogen and oxygen atoms in total. The van der Waals surface area contributed by atoms with Crippen LogP contribution in [0.25, 0.3) is 0 Å². The fraction of sp³-hybridized carbons (Fsp3) is 0.234. The standard InChI is InChI=1S/C26H22N2O6S2.C14H12Br2N2O6.C6H6S.CH4.Na/c29-22-15-20(35-17-9-3-1-4-10-17)24(31)27(22)14-8-7-13-19(26(33)34)28-23(30)16-21(25(28)32)36-18-11-5-2-6-12-18;15-7-5-10(19)17(12(7)21)4-2-1-3-9(14(23)24)18-11(20)6-8(16)13(18)22;7-6-4-2-1-3-5-6;;/h1-6,9-12,15-16,19H,7-8,13-14H2,(H,33,34);5-6,9H,1-4H2,(H,23,24);1-5,7H;1H4;/q;;;;+1/p-1/t19-;9-;;;/m00.../s1. The summed E-state index contributed by atoms with van der Waals surface area (Å²) in [6, 6.07) is 25.3. The smallest absolute Gasteiger partial charge is 0.780 e. The van der Waals surface area contributed by atoms with Crippen LogP contribution >= 0.6 is 55.4 Å². The molecule has 0 saturated carbocycles. The van der Waals surface area contributed by atoms with Crippen molar-refractivity contribution in [3.8, 4) is 0 Å². The van der Waals surface area contributed by atoms with Gasteiger partial charge in [-0.1, -0.05) is 97.7 Å². The molecule has 0 aliphatic carbocycles. The molecule has 7 rings (SSSR count). The number of aliphatic carboxylic acids is 2. The first-order chi connectivity index (χ1) is 32.0. The van der Waals surface area contributed by atoms with Gasteiger partial charge in [-0.05, 0) is 94.7 Å². The average Bonchev–Trinajstić information content (AvgIpc) is 3.91. The van der Waals surface area contributed by atoms with Crippen molar-refractivity contribution >= 4 is 127 Å². The summed E-state index contributed by atoms with van der Waals surface area (Å²) in [6.07, 6.45) is 6.04. The first-order valence-corrected chi connectivity index (χ1v) is 23.9. The Balaban J connectivity index is 0.000000328. The Bertz CT molecular complexity index is 2580. The van der Waals surface area contributed by atoms with Crippen molar-refractivity contribution < 1.29 is 87.7 Å². The Hall–Kier alpha value is -5.00. The van der Waals surface area contributed by atoms with Gasteiger partial charge in [-0.15, -0.1) is 0 Å². The van der Waals surface area contributed by atoms with Gasteiger partial charge in [0.2, 0.25) is 0 Å². The van der Waals surface area contributed by atoms with Crippen molar-refractivity contribution in [1.82, 2.24) is 19.6 Å². The molecule has 4 aliphatic rings. The summed E-state index contributed by atoms with van der Waals surface area (Å²) in [5.74, 6) is -6.92. The Kier molecular flexibility index (Phi) is 23.7. The number of nitrogens with zero attached hydrogens (tertiary/aromatic N) is 4. The number of carbonyl (C=O) groups is 10. The fourth-order valence-corrected chi connectivity index (χ4v) is 9.38. The van der Waals surface area contributed by atoms with Crippen LogP contribution in [0.2, 0.25) is 0 Å². The molecule has 3 aromatic rings. The minimum atomic E-state index is -1.33. The number of carboxylic acids is 2. The molecule has 4 aliphatic heterocycles. The van der Waals surface area contributed by atoms with E-state index in [4.69, 9.17) is 12.6 Å². The predicted octanol–water partition coefficient (Wildman–Crippen LogP) is 3.84. The normalized spacial score (nSPS) is 16.1. The zero-order valence-corrected chi connectivity index (χ0v) is 43.6. The summed E-state index contributed by atoms with van der Waals surface area (Å²) >= 11 is 13.0. The molecule has 22 heteroatoms. The van der Waals surface area contributed by atoms with E-state index in [1.54, 1.807) is 24.3 Å². The largest absolute Gasteiger partial charge is 1.00 e. The summed E-state index contributed by atoms with van der Waals surface area (Å²) in [5.41, 5.74) is 0. The molecule has 0 saturated heterocycles. The minimum Gasteiger partial charge on any atom is -0.780 e. The molecular formula is C47H43Br2N4NaO12S3. The van der Waals surface area contributed by atoms with E-state index in [2.05, 4.69) is 31.9 Å². The van der Waals surface area contributed by atoms with Crippen molar-refractivity contribution in [2.75, 3.05) is 13.1 Å². The van der Waals surface area contributed by atoms with Crippen molar-refractivity contribution in [3.05, 3.63) is 134 Å². The van der Waals surface area contributed by atoms with Crippen molar-refractivity contribution in [2.45, 2.75) is 72.7 Å². The first-order valence-electron chi connectivity index (χ1n) is 20.3. The van der Waals surface area contributed by atoms with Crippen molar-refractivity contribution in [3.63, 3.8) is 0 Å². The summed E-state index contributed by atoms with van der Waals surface area (Å²) in [4.78, 5) is 127. The van der Waals surface area contributed by atoms with E-state index in [0.717, 1.165) is 53.3 Å². The van der Waals surface area contributed by atoms with Crippen LogP contribution in [0.5, 0.6) is 0 Å². The molecule has 0 fully saturated rings. The maximum atomic E-state index is 12.8. The predicted molar refractivity (Wildman–Crippen MR) is 261 cm³/mol. The summed E-state index contributed by atoms with van der Waals surface area (Å²) in [7, 11) is 0. The number of imide groups is 4. The number of unbranched alkanes of at least 4 members (excludes halogenated alkanes) is 2. The molecular weight excluding hydrogens is 1090 g/mol. The van der Waals surface area contributed by atoms with Gasteiger partial charge in [0, 0.05) is 47.2 Å². The Morgan fingerprint density at radius 3 is 1.26 bits per heavy atom. The Labute approximate surface area is 450 Å². The molecule has 2 N–H and O–H groups in total. The maximum Gasteiger partial charge on any atom is 1.00 e. The average molecular weight is 1130 g/mol. The number of halogens is 2. The Morgan fingerprint density at radius 1 is 0.507 bits per heavy atom. The third-order valence-corrected chi connectivity index (χ3v) is 13.3. The van der Waals surface area contributed by atoms with Crippen LogP contribution in [0.1, 0.15) is 46.0 Å². The third-order valence-electron chi connectivity index (χ3n) is 9.87. The van der Waals surface area contributed by atoms with Crippen LogP contribution < -0.4 is 29.6 Å². The van der Waals surface area contributed by atoms with Gasteiger partial charge >= 0.3 is 41.5 Å². The summed E-state index contributed by atoms with van der Waals surface area (Å²) < 4.78 is 0.197. The fourth-order valence-electron chi connectivity index (χ4n) is 6.63. The number of rotatable bonds is 18. The molecule has 8 amide bonds. The zero-order valence-electron chi connectivity index (χ0n) is 36.0. The van der Waals surface area contributed by atoms with Crippen molar-refractivity contribution in [2.24, 2.45) is 0 Å². The Morgan fingerprint density at radius 2 is 0.870 bits per heavy atom. The quantitative estimate of drug-likeness (QED) is 0.0800. The number of amides is 8. The number of carboxylic acid groups (broad SMARTS) is 2. The second-order valence-corrected chi connectivity index (χ2v) is 18.9. The van der Waals surface area contributed by atoms with Crippen LogP contribution in [0.15, 0.2) is 149 Å². The molecule has 0 aromatic heterocycles. The number of carbonyl (C=O) groups excluding carboxylic acids is 8. The van der Waals surface area contributed by atoms with Gasteiger partial charge in [0.05, 0.1) is 18.8 Å². The molecule has 356 valence electrons. The molecule has 0 unspecified atom stereocenters. The van der Waals surface area contributed by atoms with E-state index >= 15 is 0 Å². The minimum absolute atomic E-state index is 0. The van der Waals surface area contributed by atoms with Crippen molar-refractivity contribution in [1.29, 1.82) is 0 Å². The first kappa shape index (κ1) is 58.3. The van der Waals surface area contributed by atoms with Gasteiger partial charge in [-0.3, -0.25) is 58.0 Å². The van der Waals surface area contributed by atoms with E-state index in [-0.39, 0.29) is 82.7 Å². The van der Waals surface area contributed by atoms with E-state index < -0.39 is 65.4 Å². The number of hydrogen-bond acceptors (Lipinski definition) is 13. The van der Waals surface area contributed by atoms with Crippen LogP contribution in [-0.4, -0.2) is 114 Å². The van der Waals surface area contributed by atoms with E-state index in [9.17, 15) is 58.2 Å². The zero-order chi connectivity index (χ0) is 48.8. The van der Waals surface area contributed by atoms with Gasteiger partial charge in [0.15, 0.2) is 0 Å². The van der Waals surface area contributed by atoms with Crippen LogP contribution in [-0.2, 0) is 60.6 Å². The molecule has 4 heterocycles. The maximum absolute atomic E-state index is 12.8. The second-order valence-electron chi connectivity index (χ2n) is 14.5. The number of thioether (sulfide) groups is 2. The van der Waals surface area contributed by atoms with Gasteiger partial charge in [-0.2, -0.15) is 4.90 Å². The van der Waals surface area contributed by atoms with Gasteiger partial charge in [-0.25, -0.2) is 9.59 Å². The molecule has 0 bridgehead atoms. The van der Waals surface area contributed by atoms with Crippen LogP contribution in [0.4, 0.5) is 0 Å². The summed E-state index contributed by atoms with van der Waals surface area (Å²) in [5, 5.41) is 19.0. The topological polar surface area (TPSA) is 224 Å². The van der Waals surface area contributed by atoms with Gasteiger partial charge < -0.3 is 22.8 Å². The third kappa shape index (κ3) is 16.0. The van der Waals surface area contributed by atoms with Crippen LogP contribution in [0.3, 0.4) is 0 Å². The molecule has 69 heavy (non-hydrogen) atoms. The SMILES string of the molecule is C.O=C(O)[C@H](CCCCN1C(=O)C=C(Br)C1=O)N1C(=O)C=C(Br)C1=O.O=C(O)[C@H](CCCCN1C(=O)C=C(Sc2ccccc2)C1=O)N1C(=O)C=C(Sc2ccccc2)C1=O.[Na+].[S-]c1ccccc1. The molecule has 0 radical (unpaired) electrons. The van der Waals surface area contributed by atoms with E-state index in [1.807, 2.05) is 66.7 Å². The van der Waals surface area contributed by atoms with E-state index in [1.165, 1.54) is 23.9 Å². The van der Waals surface area contributed by atoms with Gasteiger partial charge in [0.1, 0.15) is 12.1 Å². The second kappa shape index (κ2) is 28.0. The molecule has 0 spiro atoms. The van der Waals surface area contributed by atoms with Crippen LogP contribution in [0, 0.1) is 0 Å². The monoisotopic (exact) mass is 1130 g/mol. The van der Waals surface area contributed by atoms with E-state index in [0.29, 0.717) is 35.5 Å². The number of benzene rings is 3. The molecule has 2 atom stereocenters. The molecule has 3 aromatic carbocycles. The van der Waals surface area contributed by atoms with Gasteiger partial charge in [0.25, 0.3) is 47.3 Å².